The second-order valence-corrected chi connectivity index (χ2v) is 7.80. The van der Waals surface area contributed by atoms with Gasteiger partial charge in [-0.25, -0.2) is 4.98 Å². The maximum Gasteiger partial charge on any atom is 0.277 e. The smallest absolute Gasteiger partial charge is 0.277 e. The van der Waals surface area contributed by atoms with Crippen molar-refractivity contribution in [1.29, 1.82) is 0 Å². The molecule has 0 bridgehead atoms. The molecule has 1 N–H and O–H groups in total. The topological polar surface area (TPSA) is 67.3 Å². The summed E-state index contributed by atoms with van der Waals surface area (Å²) in [5.41, 5.74) is 0.852. The number of hydrogen-bond acceptors (Lipinski definition) is 5. The fourth-order valence-electron chi connectivity index (χ4n) is 1.37. The molecular weight excluding hydrogens is 301 g/mol. The average molecular weight is 312 g/mol. The maximum atomic E-state index is 11.1. The molecule has 0 fully saturated rings. The number of thiazole rings is 1. The van der Waals surface area contributed by atoms with Crippen LogP contribution in [-0.2, 0) is 10.1 Å². The van der Waals surface area contributed by atoms with Crippen LogP contribution in [-0.4, -0.2) is 52.1 Å². The summed E-state index contributed by atoms with van der Waals surface area (Å²) in [6.07, 6.45) is 0.347. The second-order valence-electron chi connectivity index (χ2n) is 3.42. The number of benzene rings is 1. The van der Waals surface area contributed by atoms with Gasteiger partial charge >= 0.3 is 0 Å². The van der Waals surface area contributed by atoms with Gasteiger partial charge in [-0.2, -0.15) is 8.42 Å². The van der Waals surface area contributed by atoms with Crippen LogP contribution in [0.5, 0.6) is 0 Å². The van der Waals surface area contributed by atoms with Crippen LogP contribution in [0.3, 0.4) is 0 Å². The molecule has 18 heavy (non-hydrogen) atoms. The molecule has 0 aliphatic heterocycles. The first-order valence-electron chi connectivity index (χ1n) is 4.99. The largest absolute Gasteiger partial charge is 0.285 e. The summed E-state index contributed by atoms with van der Waals surface area (Å²) in [7, 11) is -4.02. The molecule has 0 saturated heterocycles. The Morgan fingerprint density at radius 1 is 1.44 bits per heavy atom. The molecule has 0 aliphatic carbocycles. The average Bonchev–Trinajstić information content (AvgIpc) is 2.66. The molecule has 0 saturated carbocycles. The third kappa shape index (κ3) is 3.93. The van der Waals surface area contributed by atoms with E-state index < -0.39 is 14.7 Å². The zero-order valence-electron chi connectivity index (χ0n) is 10.0. The van der Waals surface area contributed by atoms with Crippen molar-refractivity contribution in [2.24, 2.45) is 0 Å². The molecule has 2 aromatic rings. The van der Waals surface area contributed by atoms with Crippen LogP contribution in [0.1, 0.15) is 13.3 Å². The van der Waals surface area contributed by atoms with Crippen molar-refractivity contribution in [3.8, 4) is 0 Å². The molecule has 1 radical (unpaired) electrons. The predicted octanol–water partition coefficient (Wildman–Crippen LogP) is 2.63. The molecule has 4 nitrogen and oxygen atoms in total. The first kappa shape index (κ1) is 16.4. The van der Waals surface area contributed by atoms with Crippen LogP contribution in [0.2, 0.25) is 0 Å². The number of thioether (sulfide) groups is 1. The monoisotopic (exact) mass is 312 g/mol. The number of aromatic nitrogens is 1. The summed E-state index contributed by atoms with van der Waals surface area (Å²) in [4.78, 5) is 4.32. The van der Waals surface area contributed by atoms with E-state index in [2.05, 4.69) is 4.98 Å². The Labute approximate surface area is 136 Å². The number of hydrogen-bond donors (Lipinski definition) is 1. The van der Waals surface area contributed by atoms with Crippen molar-refractivity contribution in [3.05, 3.63) is 24.3 Å². The van der Waals surface area contributed by atoms with Gasteiger partial charge in [0.05, 0.1) is 10.2 Å². The van der Waals surface area contributed by atoms with Crippen molar-refractivity contribution < 1.29 is 13.0 Å². The van der Waals surface area contributed by atoms with Crippen LogP contribution in [0.15, 0.2) is 28.6 Å². The molecular formula is C10H11NNaO3S3. The second kappa shape index (κ2) is 6.69. The zero-order chi connectivity index (χ0) is 12.5. The van der Waals surface area contributed by atoms with E-state index in [9.17, 15) is 8.42 Å². The van der Waals surface area contributed by atoms with Gasteiger partial charge in [0.2, 0.25) is 0 Å². The third-order valence-corrected chi connectivity index (χ3v) is 6.45. The van der Waals surface area contributed by atoms with Crippen molar-refractivity contribution in [2.45, 2.75) is 22.3 Å². The number of rotatable bonds is 4. The van der Waals surface area contributed by atoms with E-state index in [-0.39, 0.29) is 29.6 Å². The summed E-state index contributed by atoms with van der Waals surface area (Å²) < 4.78 is 32.1. The molecule has 0 aliphatic rings. The first-order valence-corrected chi connectivity index (χ1v) is 8.19. The van der Waals surface area contributed by atoms with Crippen molar-refractivity contribution >= 4 is 73.0 Å². The molecule has 1 aromatic carbocycles. The van der Waals surface area contributed by atoms with Gasteiger partial charge in [0.1, 0.15) is 4.58 Å². The van der Waals surface area contributed by atoms with Crippen LogP contribution in [0, 0.1) is 0 Å². The number of para-hydroxylation sites is 1. The van der Waals surface area contributed by atoms with E-state index >= 15 is 0 Å². The summed E-state index contributed by atoms with van der Waals surface area (Å²) >= 11 is 2.52. The van der Waals surface area contributed by atoms with Crippen LogP contribution < -0.4 is 0 Å². The molecule has 1 heterocycles. The van der Waals surface area contributed by atoms with Crippen LogP contribution in [0.4, 0.5) is 0 Å². The van der Waals surface area contributed by atoms with Gasteiger partial charge in [0.25, 0.3) is 10.1 Å². The minimum atomic E-state index is -4.02. The molecule has 93 valence electrons. The van der Waals surface area contributed by atoms with Crippen molar-refractivity contribution in [2.75, 3.05) is 0 Å². The molecule has 1 unspecified atom stereocenters. The molecule has 1 atom stereocenters. The maximum absolute atomic E-state index is 11.1. The van der Waals surface area contributed by atoms with Crippen molar-refractivity contribution in [1.82, 2.24) is 4.98 Å². The van der Waals surface area contributed by atoms with E-state index in [1.807, 2.05) is 24.3 Å². The molecule has 0 spiro atoms. The van der Waals surface area contributed by atoms with Gasteiger partial charge in [0, 0.05) is 29.6 Å². The molecule has 2 rings (SSSR count). The summed E-state index contributed by atoms with van der Waals surface area (Å²) in [5, 5.41) is 0. The summed E-state index contributed by atoms with van der Waals surface area (Å²) in [5.74, 6) is 0. The fraction of sp³-hybridized carbons (Fsp3) is 0.300. The first-order chi connectivity index (χ1) is 8.00. The van der Waals surface area contributed by atoms with E-state index in [0.717, 1.165) is 22.0 Å². The van der Waals surface area contributed by atoms with Gasteiger partial charge in [0.15, 0.2) is 4.34 Å². The van der Waals surface area contributed by atoms with E-state index in [4.69, 9.17) is 4.55 Å². The standard InChI is InChI=1S/C10H11NO3S3.Na/c1-2-9(17(12,13)14)16-10-11-7-5-3-4-6-8(7)15-10;/h3-6,9H,2H2,1H3,(H,12,13,14);. The van der Waals surface area contributed by atoms with Crippen LogP contribution >= 0.6 is 23.1 Å². The Bertz CT molecular complexity index is 593. The molecule has 1 aromatic heterocycles. The minimum Gasteiger partial charge on any atom is -0.285 e. The number of fused-ring (bicyclic) bond motifs is 1. The quantitative estimate of drug-likeness (QED) is 0.534. The van der Waals surface area contributed by atoms with Gasteiger partial charge in [-0.1, -0.05) is 30.8 Å². The van der Waals surface area contributed by atoms with Gasteiger partial charge in [-0.05, 0) is 18.6 Å². The summed E-state index contributed by atoms with van der Waals surface area (Å²) in [6.45, 7) is 1.72. The Morgan fingerprint density at radius 3 is 2.67 bits per heavy atom. The normalized spacial score (nSPS) is 13.2. The minimum absolute atomic E-state index is 0. The number of nitrogens with zero attached hydrogens (tertiary/aromatic N) is 1. The van der Waals surface area contributed by atoms with Gasteiger partial charge in [-0.15, -0.1) is 11.3 Å². The zero-order valence-corrected chi connectivity index (χ0v) is 14.5. The van der Waals surface area contributed by atoms with Gasteiger partial charge in [-0.3, -0.25) is 4.55 Å². The Morgan fingerprint density at radius 2 is 2.11 bits per heavy atom. The molecule has 8 heteroatoms. The molecule has 0 amide bonds. The predicted molar refractivity (Wildman–Crippen MR) is 76.9 cm³/mol. The van der Waals surface area contributed by atoms with E-state index in [1.165, 1.54) is 11.3 Å². The van der Waals surface area contributed by atoms with Crippen LogP contribution in [0.25, 0.3) is 10.2 Å². The SMILES string of the molecule is CCC(Sc1nc2ccccc2s1)S(=O)(=O)O.[Na]. The summed E-state index contributed by atoms with van der Waals surface area (Å²) in [6, 6.07) is 7.61. The van der Waals surface area contributed by atoms with E-state index in [0.29, 0.717) is 10.8 Å². The Kier molecular flexibility index (Phi) is 6.11. The Hall–Kier alpha value is 0.370. The fourth-order valence-corrected chi connectivity index (χ4v) is 4.78. The Balaban J connectivity index is 0.00000162. The van der Waals surface area contributed by atoms with Crippen molar-refractivity contribution in [3.63, 3.8) is 0 Å². The third-order valence-electron chi connectivity index (χ3n) is 2.17. The van der Waals surface area contributed by atoms with Gasteiger partial charge < -0.3 is 0 Å². The van der Waals surface area contributed by atoms with E-state index in [1.54, 1.807) is 6.92 Å².